The van der Waals surface area contributed by atoms with Crippen molar-refractivity contribution >= 4 is 23.8 Å². The summed E-state index contributed by atoms with van der Waals surface area (Å²) in [6.07, 6.45) is 24.2. The standard InChI is InChI=1S/C27H24N4O/c1(2-4-6-11-18-25-19-15-23-32-25)3-5-7-13-22-29-31-27(26-20-12-14-21-28-26)30-24-16-9-8-10-17-24/h1-23H,(H,30,31). The van der Waals surface area contributed by atoms with Crippen molar-refractivity contribution in [3.63, 3.8) is 0 Å². The second-order valence-corrected chi connectivity index (χ2v) is 6.32. The first kappa shape index (κ1) is 22.2. The molecule has 32 heavy (non-hydrogen) atoms. The maximum absolute atomic E-state index is 5.21. The van der Waals surface area contributed by atoms with Crippen LogP contribution >= 0.6 is 0 Å². The molecule has 0 spiro atoms. The zero-order chi connectivity index (χ0) is 22.1. The Bertz CT molecular complexity index is 1120. The van der Waals surface area contributed by atoms with Gasteiger partial charge in [0.2, 0.25) is 0 Å². The number of aromatic nitrogens is 1. The summed E-state index contributed by atoms with van der Waals surface area (Å²) in [5.74, 6) is 1.41. The number of hydrogen-bond donors (Lipinski definition) is 1. The first-order chi connectivity index (χ1) is 15.9. The summed E-state index contributed by atoms with van der Waals surface area (Å²) >= 11 is 0. The molecule has 0 saturated heterocycles. The monoisotopic (exact) mass is 420 g/mol. The van der Waals surface area contributed by atoms with E-state index in [1.54, 1.807) is 18.7 Å². The largest absolute Gasteiger partial charge is 0.465 e. The molecular weight excluding hydrogens is 396 g/mol. The topological polar surface area (TPSA) is 62.8 Å². The molecule has 0 aliphatic carbocycles. The van der Waals surface area contributed by atoms with Crippen LogP contribution in [0.5, 0.6) is 0 Å². The first-order valence-corrected chi connectivity index (χ1v) is 10.1. The van der Waals surface area contributed by atoms with Gasteiger partial charge < -0.3 is 4.42 Å². The van der Waals surface area contributed by atoms with E-state index in [1.165, 1.54) is 0 Å². The van der Waals surface area contributed by atoms with Crippen LogP contribution < -0.4 is 5.43 Å². The lowest BCUT2D eigenvalue weighted by molar-refractivity contribution is 0.557. The number of pyridine rings is 1. The summed E-state index contributed by atoms with van der Waals surface area (Å²) in [6.45, 7) is 0. The van der Waals surface area contributed by atoms with Crippen LogP contribution in [0.2, 0.25) is 0 Å². The van der Waals surface area contributed by atoms with Crippen molar-refractivity contribution in [2.75, 3.05) is 0 Å². The Labute approximate surface area is 188 Å². The number of aliphatic imine (C=N–C) groups is 1. The van der Waals surface area contributed by atoms with Crippen molar-refractivity contribution in [2.45, 2.75) is 0 Å². The van der Waals surface area contributed by atoms with Crippen LogP contribution in [0.3, 0.4) is 0 Å². The Morgan fingerprint density at radius 3 is 2.16 bits per heavy atom. The van der Waals surface area contributed by atoms with Crippen molar-refractivity contribution in [1.29, 1.82) is 0 Å². The number of rotatable bonds is 9. The van der Waals surface area contributed by atoms with Crippen LogP contribution in [-0.4, -0.2) is 17.0 Å². The number of amidine groups is 1. The lowest BCUT2D eigenvalue weighted by Crippen LogP contribution is -2.19. The highest BCUT2D eigenvalue weighted by Gasteiger charge is 2.03. The van der Waals surface area contributed by atoms with Gasteiger partial charge in [-0.25, -0.2) is 4.99 Å². The number of hydrazone groups is 1. The fourth-order valence-electron chi connectivity index (χ4n) is 2.45. The third-order valence-corrected chi connectivity index (χ3v) is 3.93. The molecule has 3 rings (SSSR count). The van der Waals surface area contributed by atoms with Crippen LogP contribution in [0.15, 0.2) is 142 Å². The third kappa shape index (κ3) is 8.47. The molecule has 2 aromatic heterocycles. The van der Waals surface area contributed by atoms with Crippen molar-refractivity contribution in [3.8, 4) is 0 Å². The minimum absolute atomic E-state index is 0.577. The van der Waals surface area contributed by atoms with Gasteiger partial charge in [0.05, 0.1) is 12.0 Å². The molecular formula is C27H24N4O. The van der Waals surface area contributed by atoms with E-state index < -0.39 is 0 Å². The molecule has 3 aromatic rings. The van der Waals surface area contributed by atoms with Gasteiger partial charge in [0.25, 0.3) is 0 Å². The fourth-order valence-corrected chi connectivity index (χ4v) is 2.45. The summed E-state index contributed by atoms with van der Waals surface area (Å²) in [6, 6.07) is 19.1. The first-order valence-electron chi connectivity index (χ1n) is 10.1. The molecule has 0 fully saturated rings. The van der Waals surface area contributed by atoms with E-state index in [0.29, 0.717) is 5.84 Å². The van der Waals surface area contributed by atoms with E-state index in [2.05, 4.69) is 20.5 Å². The van der Waals surface area contributed by atoms with Crippen LogP contribution in [0.1, 0.15) is 11.5 Å². The zero-order valence-electron chi connectivity index (χ0n) is 17.5. The van der Waals surface area contributed by atoms with Crippen LogP contribution in [-0.2, 0) is 0 Å². The number of hydrogen-bond acceptors (Lipinski definition) is 4. The lowest BCUT2D eigenvalue weighted by Gasteiger charge is -2.04. The molecule has 5 heteroatoms. The van der Waals surface area contributed by atoms with Gasteiger partial charge in [-0.05, 0) is 48.6 Å². The van der Waals surface area contributed by atoms with Gasteiger partial charge in [0, 0.05) is 12.4 Å². The molecule has 0 radical (unpaired) electrons. The fraction of sp³-hybridized carbons (Fsp3) is 0. The Morgan fingerprint density at radius 1 is 0.750 bits per heavy atom. The average molecular weight is 421 g/mol. The Balaban J connectivity index is 1.46. The highest BCUT2D eigenvalue weighted by molar-refractivity contribution is 5.98. The highest BCUT2D eigenvalue weighted by atomic mass is 16.3. The van der Waals surface area contributed by atoms with Crippen molar-refractivity contribution in [1.82, 2.24) is 10.4 Å². The van der Waals surface area contributed by atoms with E-state index in [1.807, 2.05) is 121 Å². The number of furan rings is 1. The van der Waals surface area contributed by atoms with Gasteiger partial charge in [-0.3, -0.25) is 10.4 Å². The van der Waals surface area contributed by atoms with Crippen molar-refractivity contribution in [3.05, 3.63) is 139 Å². The zero-order valence-corrected chi connectivity index (χ0v) is 17.5. The smallest absolute Gasteiger partial charge is 0.172 e. The van der Waals surface area contributed by atoms with Gasteiger partial charge in [-0.2, -0.15) is 5.10 Å². The Morgan fingerprint density at radius 2 is 1.47 bits per heavy atom. The summed E-state index contributed by atoms with van der Waals surface area (Å²) in [4.78, 5) is 8.94. The molecule has 0 bridgehead atoms. The predicted octanol–water partition coefficient (Wildman–Crippen LogP) is 6.27. The second kappa shape index (κ2) is 13.7. The minimum Gasteiger partial charge on any atom is -0.465 e. The van der Waals surface area contributed by atoms with Crippen molar-refractivity contribution in [2.24, 2.45) is 10.1 Å². The number of benzene rings is 1. The maximum Gasteiger partial charge on any atom is 0.172 e. The number of nitrogens with zero attached hydrogens (tertiary/aromatic N) is 3. The Kier molecular flexibility index (Phi) is 9.47. The van der Waals surface area contributed by atoms with Crippen molar-refractivity contribution < 1.29 is 4.42 Å². The van der Waals surface area contributed by atoms with Gasteiger partial charge in [-0.1, -0.05) is 72.9 Å². The number of allylic oxidation sites excluding steroid dienone is 9. The molecule has 0 amide bonds. The molecule has 2 heterocycles. The van der Waals surface area contributed by atoms with E-state index in [0.717, 1.165) is 17.1 Å². The SMILES string of the molecule is C(=CC=CC=Cc1ccco1)C=CC=CC=NNC(=Nc1ccccc1)c1ccccn1. The van der Waals surface area contributed by atoms with Gasteiger partial charge >= 0.3 is 0 Å². The second-order valence-electron chi connectivity index (χ2n) is 6.32. The number of nitrogens with one attached hydrogen (secondary N) is 1. The summed E-state index contributed by atoms with van der Waals surface area (Å²) in [7, 11) is 0. The third-order valence-electron chi connectivity index (χ3n) is 3.93. The molecule has 0 aliphatic rings. The normalized spacial score (nSPS) is 13.1. The summed E-state index contributed by atoms with van der Waals surface area (Å²) in [5, 5.41) is 4.22. The van der Waals surface area contributed by atoms with E-state index >= 15 is 0 Å². The van der Waals surface area contributed by atoms with Gasteiger partial charge in [0.1, 0.15) is 11.5 Å². The summed E-state index contributed by atoms with van der Waals surface area (Å²) < 4.78 is 5.21. The molecule has 0 saturated carbocycles. The van der Waals surface area contributed by atoms with Gasteiger partial charge in [-0.15, -0.1) is 0 Å². The van der Waals surface area contributed by atoms with E-state index in [4.69, 9.17) is 4.42 Å². The minimum atomic E-state index is 0.577. The quantitative estimate of drug-likeness (QED) is 0.192. The average Bonchev–Trinajstić information content (AvgIpc) is 3.36. The van der Waals surface area contributed by atoms with E-state index in [9.17, 15) is 0 Å². The molecule has 1 aromatic carbocycles. The molecule has 0 aliphatic heterocycles. The molecule has 0 unspecified atom stereocenters. The molecule has 0 atom stereocenters. The predicted molar refractivity (Wildman–Crippen MR) is 133 cm³/mol. The highest BCUT2D eigenvalue weighted by Crippen LogP contribution is 2.11. The van der Waals surface area contributed by atoms with Crippen LogP contribution in [0.25, 0.3) is 6.08 Å². The van der Waals surface area contributed by atoms with Gasteiger partial charge in [0.15, 0.2) is 5.84 Å². The molecule has 5 nitrogen and oxygen atoms in total. The number of para-hydroxylation sites is 1. The molecule has 1 N–H and O–H groups in total. The maximum atomic E-state index is 5.21. The van der Waals surface area contributed by atoms with Crippen LogP contribution in [0, 0.1) is 0 Å². The summed E-state index contributed by atoms with van der Waals surface area (Å²) in [5.41, 5.74) is 4.51. The molecule has 158 valence electrons. The van der Waals surface area contributed by atoms with Crippen LogP contribution in [0.4, 0.5) is 5.69 Å². The lowest BCUT2D eigenvalue weighted by atomic mass is 10.3. The van der Waals surface area contributed by atoms with E-state index in [-0.39, 0.29) is 0 Å². The Hall–Kier alpha value is -4.51.